The molecule has 1 aromatic carbocycles. The van der Waals surface area contributed by atoms with Gasteiger partial charge in [-0.15, -0.1) is 0 Å². The Morgan fingerprint density at radius 2 is 2.03 bits per heavy atom. The molecule has 182 valence electrons. The molecule has 3 rings (SSSR count). The number of allylic oxidation sites excluding steroid dienone is 2. The number of primary amides is 1. The highest BCUT2D eigenvalue weighted by atomic mass is 79.9. The van der Waals surface area contributed by atoms with Crippen molar-refractivity contribution in [3.63, 3.8) is 0 Å². The van der Waals surface area contributed by atoms with Crippen LogP contribution in [0.3, 0.4) is 0 Å². The van der Waals surface area contributed by atoms with Crippen molar-refractivity contribution in [1.29, 1.82) is 0 Å². The monoisotopic (exact) mass is 532 g/mol. The van der Waals surface area contributed by atoms with Gasteiger partial charge in [0.25, 0.3) is 5.91 Å². The molecule has 0 atom stereocenters. The molecular weight excluding hydrogens is 504 g/mol. The Hall–Kier alpha value is -3.18. The molecule has 2 heterocycles. The van der Waals surface area contributed by atoms with Crippen molar-refractivity contribution >= 4 is 44.7 Å². The van der Waals surface area contributed by atoms with E-state index >= 15 is 0 Å². The number of anilines is 1. The molecule has 0 fully saturated rings. The zero-order chi connectivity index (χ0) is 24.7. The fraction of sp³-hybridized carbons (Fsp3) is 0.391. The number of nitrogens with one attached hydrogen (secondary N) is 1. The van der Waals surface area contributed by atoms with Crippen LogP contribution in [0.2, 0.25) is 0 Å². The van der Waals surface area contributed by atoms with Gasteiger partial charge in [-0.1, -0.05) is 28.1 Å². The molecule has 0 saturated heterocycles. The number of aryl methyl sites for hydroxylation is 2. The van der Waals surface area contributed by atoms with Crippen molar-refractivity contribution in [3.8, 4) is 5.75 Å². The molecule has 0 saturated carbocycles. The number of alkyl halides is 1. The number of halogens is 1. The second-order valence-corrected chi connectivity index (χ2v) is 8.16. The molecule has 0 aliphatic rings. The van der Waals surface area contributed by atoms with Gasteiger partial charge in [0, 0.05) is 44.1 Å². The number of fused-ring (bicyclic) bond motifs is 1. The smallest absolute Gasteiger partial charge is 0.276 e. The number of carbonyl (C=O) groups excluding carboxylic acids is 2. The van der Waals surface area contributed by atoms with Gasteiger partial charge in [0.15, 0.2) is 0 Å². The number of amides is 2. The van der Waals surface area contributed by atoms with E-state index in [1.165, 1.54) is 0 Å². The summed E-state index contributed by atoms with van der Waals surface area (Å²) in [6.07, 6.45) is 4.56. The van der Waals surface area contributed by atoms with Crippen LogP contribution in [0.15, 0.2) is 30.4 Å². The van der Waals surface area contributed by atoms with Crippen molar-refractivity contribution in [3.05, 3.63) is 47.3 Å². The summed E-state index contributed by atoms with van der Waals surface area (Å²) >= 11 is 3.38. The van der Waals surface area contributed by atoms with Crippen molar-refractivity contribution in [1.82, 2.24) is 19.3 Å². The van der Waals surface area contributed by atoms with E-state index in [2.05, 4.69) is 31.3 Å². The first kappa shape index (κ1) is 25.4. The minimum atomic E-state index is -0.592. The van der Waals surface area contributed by atoms with E-state index in [9.17, 15) is 9.59 Å². The van der Waals surface area contributed by atoms with E-state index in [1.807, 2.05) is 30.6 Å². The Balaban J connectivity index is 2.08. The van der Waals surface area contributed by atoms with Crippen LogP contribution in [-0.2, 0) is 17.8 Å². The van der Waals surface area contributed by atoms with Crippen LogP contribution in [0.1, 0.15) is 39.9 Å². The van der Waals surface area contributed by atoms with Gasteiger partial charge in [-0.3, -0.25) is 19.6 Å². The molecule has 0 aliphatic carbocycles. The quantitative estimate of drug-likeness (QED) is 0.209. The first-order valence-electron chi connectivity index (χ1n) is 10.9. The Kier molecular flexibility index (Phi) is 8.83. The van der Waals surface area contributed by atoms with Crippen molar-refractivity contribution in [2.24, 2.45) is 5.73 Å². The van der Waals surface area contributed by atoms with Gasteiger partial charge in [0.1, 0.15) is 17.0 Å². The van der Waals surface area contributed by atoms with Crippen LogP contribution in [0.5, 0.6) is 5.75 Å². The summed E-state index contributed by atoms with van der Waals surface area (Å²) in [5.41, 5.74) is 8.13. The summed E-state index contributed by atoms with van der Waals surface area (Å²) < 4.78 is 14.6. The zero-order valence-electron chi connectivity index (χ0n) is 19.5. The third kappa shape index (κ3) is 5.84. The van der Waals surface area contributed by atoms with Gasteiger partial charge >= 0.3 is 0 Å². The topological polar surface area (TPSA) is 126 Å². The maximum Gasteiger partial charge on any atom is 0.276 e. The molecule has 0 spiro atoms. The van der Waals surface area contributed by atoms with Crippen molar-refractivity contribution in [2.45, 2.75) is 33.4 Å². The fourth-order valence-corrected chi connectivity index (χ4v) is 3.78. The Labute approximate surface area is 206 Å². The number of hydrogen-bond acceptors (Lipinski definition) is 6. The lowest BCUT2D eigenvalue weighted by atomic mass is 10.1. The second kappa shape index (κ2) is 11.8. The summed E-state index contributed by atoms with van der Waals surface area (Å²) in [6.45, 7) is 5.66. The SMILES string of the molecule is CCn1nc(C)cc1C(=O)Nc1nc2cc(C(N)=O)cc(OCCCOC)c2n1CC=CCBr. The minimum absolute atomic E-state index is 0.271. The van der Waals surface area contributed by atoms with Crippen molar-refractivity contribution < 1.29 is 19.1 Å². The molecule has 3 N–H and O–H groups in total. The molecule has 10 nitrogen and oxygen atoms in total. The van der Waals surface area contributed by atoms with Gasteiger partial charge in [-0.2, -0.15) is 5.10 Å². The van der Waals surface area contributed by atoms with Gasteiger partial charge in [0.05, 0.1) is 17.8 Å². The maximum absolute atomic E-state index is 13.1. The average molecular weight is 533 g/mol. The number of benzene rings is 1. The number of nitrogens with zero attached hydrogens (tertiary/aromatic N) is 4. The highest BCUT2D eigenvalue weighted by molar-refractivity contribution is 9.09. The molecule has 0 radical (unpaired) electrons. The molecule has 0 unspecified atom stereocenters. The third-order valence-corrected chi connectivity index (χ3v) is 5.42. The standard InChI is InChI=1S/C23H29BrN6O4/c1-4-30-18(12-15(2)28-30)22(32)27-23-26-17-13-16(21(25)31)14-19(34-11-7-10-33-3)20(17)29(23)9-6-5-8-24/h5-6,12-14H,4,7-11H2,1-3H3,(H2,25,31)(H,26,27,32). The summed E-state index contributed by atoms with van der Waals surface area (Å²) in [5, 5.41) is 7.92. The van der Waals surface area contributed by atoms with E-state index in [-0.39, 0.29) is 11.5 Å². The van der Waals surface area contributed by atoms with Crippen LogP contribution in [0, 0.1) is 6.92 Å². The second-order valence-electron chi connectivity index (χ2n) is 7.51. The van der Waals surface area contributed by atoms with E-state index in [4.69, 9.17) is 15.2 Å². The predicted molar refractivity (Wildman–Crippen MR) is 134 cm³/mol. The normalized spacial score (nSPS) is 11.4. The third-order valence-electron chi connectivity index (χ3n) is 5.05. The van der Waals surface area contributed by atoms with Crippen LogP contribution in [0.25, 0.3) is 11.0 Å². The van der Waals surface area contributed by atoms with Crippen LogP contribution < -0.4 is 15.8 Å². The van der Waals surface area contributed by atoms with Gasteiger partial charge in [-0.25, -0.2) is 4.98 Å². The Morgan fingerprint density at radius 1 is 1.24 bits per heavy atom. The number of hydrogen-bond donors (Lipinski definition) is 2. The van der Waals surface area contributed by atoms with Gasteiger partial charge in [0.2, 0.25) is 11.9 Å². The molecule has 34 heavy (non-hydrogen) atoms. The van der Waals surface area contributed by atoms with E-state index in [0.29, 0.717) is 66.5 Å². The predicted octanol–water partition coefficient (Wildman–Crippen LogP) is 3.28. The van der Waals surface area contributed by atoms with Gasteiger partial charge < -0.3 is 19.8 Å². The summed E-state index contributed by atoms with van der Waals surface area (Å²) in [5.74, 6) is -0.146. The molecule has 11 heteroatoms. The highest BCUT2D eigenvalue weighted by Crippen LogP contribution is 2.31. The minimum Gasteiger partial charge on any atom is -0.491 e. The molecule has 2 amide bonds. The molecule has 0 bridgehead atoms. The Bertz CT molecular complexity index is 1200. The van der Waals surface area contributed by atoms with Crippen LogP contribution >= 0.6 is 15.9 Å². The number of imidazole rings is 1. The highest BCUT2D eigenvalue weighted by Gasteiger charge is 2.21. The molecule has 0 aliphatic heterocycles. The van der Waals surface area contributed by atoms with E-state index in [1.54, 1.807) is 30.0 Å². The number of rotatable bonds is 12. The summed E-state index contributed by atoms with van der Waals surface area (Å²) in [7, 11) is 1.62. The fourth-order valence-electron chi connectivity index (χ4n) is 3.52. The lowest BCUT2D eigenvalue weighted by Crippen LogP contribution is -2.20. The van der Waals surface area contributed by atoms with Crippen LogP contribution in [-0.4, -0.2) is 56.8 Å². The zero-order valence-corrected chi connectivity index (χ0v) is 21.1. The lowest BCUT2D eigenvalue weighted by molar-refractivity contribution is 0.0995. The first-order chi connectivity index (χ1) is 16.4. The number of methoxy groups -OCH3 is 1. The molecular formula is C23H29BrN6O4. The number of aromatic nitrogens is 4. The average Bonchev–Trinajstić information content (AvgIpc) is 3.36. The largest absolute Gasteiger partial charge is 0.491 e. The molecule has 2 aromatic heterocycles. The number of nitrogens with two attached hydrogens (primary N) is 1. The summed E-state index contributed by atoms with van der Waals surface area (Å²) in [6, 6.07) is 4.93. The number of ether oxygens (including phenoxy) is 2. The lowest BCUT2D eigenvalue weighted by Gasteiger charge is -2.13. The van der Waals surface area contributed by atoms with Crippen LogP contribution in [0.4, 0.5) is 5.95 Å². The van der Waals surface area contributed by atoms with Crippen molar-refractivity contribution in [2.75, 3.05) is 31.0 Å². The van der Waals surface area contributed by atoms with E-state index < -0.39 is 5.91 Å². The summed E-state index contributed by atoms with van der Waals surface area (Å²) in [4.78, 5) is 29.6. The molecule has 3 aromatic rings. The number of carbonyl (C=O) groups is 2. The Morgan fingerprint density at radius 3 is 2.71 bits per heavy atom. The van der Waals surface area contributed by atoms with Gasteiger partial charge in [-0.05, 0) is 32.0 Å². The first-order valence-corrected chi connectivity index (χ1v) is 12.0. The van der Waals surface area contributed by atoms with E-state index in [0.717, 1.165) is 5.69 Å². The maximum atomic E-state index is 13.1.